The molecule has 2 aromatic carbocycles. The molecule has 1 atom stereocenters. The summed E-state index contributed by atoms with van der Waals surface area (Å²) in [5.41, 5.74) is 1.02. The summed E-state index contributed by atoms with van der Waals surface area (Å²) < 4.78 is 5.95. The summed E-state index contributed by atoms with van der Waals surface area (Å²) in [5, 5.41) is 4.25. The predicted molar refractivity (Wildman–Crippen MR) is 132 cm³/mol. The van der Waals surface area contributed by atoms with E-state index < -0.39 is 5.41 Å². The molecule has 1 heterocycles. The number of likely N-dealkylation sites (tertiary alicyclic amines) is 1. The smallest absolute Gasteiger partial charge is 0.235 e. The first-order valence-electron chi connectivity index (χ1n) is 11.7. The third kappa shape index (κ3) is 5.24. The highest BCUT2D eigenvalue weighted by Crippen LogP contribution is 2.45. The summed E-state index contributed by atoms with van der Waals surface area (Å²) in [6, 6.07) is 13.7. The van der Waals surface area contributed by atoms with Crippen molar-refractivity contribution in [2.75, 3.05) is 25.0 Å². The van der Waals surface area contributed by atoms with Gasteiger partial charge in [-0.15, -0.1) is 0 Å². The van der Waals surface area contributed by atoms with Gasteiger partial charge in [0.05, 0.1) is 5.41 Å². The van der Waals surface area contributed by atoms with E-state index in [-0.39, 0.29) is 5.91 Å². The number of amides is 1. The molecule has 6 heteroatoms. The van der Waals surface area contributed by atoms with Gasteiger partial charge in [0, 0.05) is 28.3 Å². The molecule has 172 valence electrons. The van der Waals surface area contributed by atoms with Gasteiger partial charge in [-0.3, -0.25) is 9.69 Å². The zero-order chi connectivity index (χ0) is 22.6. The lowest BCUT2D eigenvalue weighted by atomic mass is 9.78. The fourth-order valence-electron chi connectivity index (χ4n) is 5.13. The summed E-state index contributed by atoms with van der Waals surface area (Å²) in [5.74, 6) is 0.816. The number of halogens is 2. The lowest BCUT2D eigenvalue weighted by Gasteiger charge is -2.33. The van der Waals surface area contributed by atoms with Gasteiger partial charge < -0.3 is 10.1 Å². The van der Waals surface area contributed by atoms with Crippen LogP contribution in [0.2, 0.25) is 10.0 Å². The van der Waals surface area contributed by atoms with Crippen LogP contribution in [0.5, 0.6) is 5.75 Å². The van der Waals surface area contributed by atoms with E-state index in [0.29, 0.717) is 22.7 Å². The Morgan fingerprint density at radius 1 is 1.09 bits per heavy atom. The molecule has 4 rings (SSSR count). The zero-order valence-corrected chi connectivity index (χ0v) is 20.2. The number of piperidine rings is 1. The van der Waals surface area contributed by atoms with Gasteiger partial charge in [0.25, 0.3) is 0 Å². The van der Waals surface area contributed by atoms with Crippen molar-refractivity contribution >= 4 is 34.8 Å². The second-order valence-corrected chi connectivity index (χ2v) is 9.96. The van der Waals surface area contributed by atoms with E-state index in [1.165, 1.54) is 19.3 Å². The van der Waals surface area contributed by atoms with Gasteiger partial charge in [0.1, 0.15) is 12.4 Å². The minimum atomic E-state index is -0.609. The molecule has 32 heavy (non-hydrogen) atoms. The highest BCUT2D eigenvalue weighted by Gasteiger charge is 2.44. The van der Waals surface area contributed by atoms with Crippen LogP contribution in [0.1, 0.15) is 57.4 Å². The average molecular weight is 475 g/mol. The lowest BCUT2D eigenvalue weighted by Crippen LogP contribution is -2.39. The zero-order valence-electron chi connectivity index (χ0n) is 18.7. The Morgan fingerprint density at radius 3 is 2.53 bits per heavy atom. The van der Waals surface area contributed by atoms with Crippen molar-refractivity contribution in [2.45, 2.75) is 63.3 Å². The van der Waals surface area contributed by atoms with Crippen molar-refractivity contribution in [2.24, 2.45) is 0 Å². The van der Waals surface area contributed by atoms with Gasteiger partial charge in [-0.05, 0) is 81.1 Å². The van der Waals surface area contributed by atoms with Gasteiger partial charge in [0.15, 0.2) is 0 Å². The number of anilines is 1. The van der Waals surface area contributed by atoms with Gasteiger partial charge in [-0.2, -0.15) is 0 Å². The van der Waals surface area contributed by atoms with Crippen molar-refractivity contribution in [1.29, 1.82) is 0 Å². The Labute approximate surface area is 201 Å². The monoisotopic (exact) mass is 474 g/mol. The molecule has 1 saturated heterocycles. The second-order valence-electron chi connectivity index (χ2n) is 9.12. The SMILES string of the molecule is C[C@@H]1CCCCN1CCOc1ccc(NC(=O)C2(c3ccc(Cl)cc3Cl)CCCC2)cc1. The van der Waals surface area contributed by atoms with E-state index in [9.17, 15) is 4.79 Å². The average Bonchev–Trinajstić information content (AvgIpc) is 3.27. The molecule has 0 bridgehead atoms. The number of benzene rings is 2. The summed E-state index contributed by atoms with van der Waals surface area (Å²) in [7, 11) is 0. The van der Waals surface area contributed by atoms with Crippen molar-refractivity contribution in [3.63, 3.8) is 0 Å². The maximum absolute atomic E-state index is 13.4. The quantitative estimate of drug-likeness (QED) is 0.485. The van der Waals surface area contributed by atoms with E-state index in [1.807, 2.05) is 36.4 Å². The van der Waals surface area contributed by atoms with Crippen LogP contribution in [-0.4, -0.2) is 36.5 Å². The number of nitrogens with zero attached hydrogens (tertiary/aromatic N) is 1. The second kappa shape index (κ2) is 10.5. The molecule has 0 spiro atoms. The van der Waals surface area contributed by atoms with E-state index in [0.717, 1.165) is 55.8 Å². The number of carbonyl (C=O) groups is 1. The van der Waals surface area contributed by atoms with Crippen LogP contribution < -0.4 is 10.1 Å². The standard InChI is InChI=1S/C26H32Cl2N2O2/c1-19-6-2-5-15-30(19)16-17-32-22-10-8-21(9-11-22)29-25(31)26(13-3-4-14-26)23-12-7-20(27)18-24(23)28/h7-12,18-19H,2-6,13-17H2,1H3,(H,29,31)/t19-/m1/s1. The third-order valence-corrected chi connectivity index (χ3v) is 7.59. The number of carbonyl (C=O) groups excluding carboxylic acids is 1. The minimum absolute atomic E-state index is 0.00743. The number of nitrogens with one attached hydrogen (secondary N) is 1. The molecule has 0 unspecified atom stereocenters. The normalized spacial score (nSPS) is 20.8. The molecule has 4 nitrogen and oxygen atoms in total. The fraction of sp³-hybridized carbons (Fsp3) is 0.500. The molecule has 0 radical (unpaired) electrons. The topological polar surface area (TPSA) is 41.6 Å². The molecule has 1 amide bonds. The highest BCUT2D eigenvalue weighted by molar-refractivity contribution is 6.35. The van der Waals surface area contributed by atoms with Gasteiger partial charge >= 0.3 is 0 Å². The molecule has 1 N–H and O–H groups in total. The third-order valence-electron chi connectivity index (χ3n) is 7.04. The van der Waals surface area contributed by atoms with Crippen LogP contribution in [0.25, 0.3) is 0 Å². The van der Waals surface area contributed by atoms with Crippen LogP contribution in [0.3, 0.4) is 0 Å². The fourth-order valence-corrected chi connectivity index (χ4v) is 5.72. The van der Waals surface area contributed by atoms with Crippen LogP contribution >= 0.6 is 23.2 Å². The van der Waals surface area contributed by atoms with Crippen molar-refractivity contribution in [1.82, 2.24) is 4.90 Å². The van der Waals surface area contributed by atoms with Gasteiger partial charge in [-0.1, -0.05) is 48.5 Å². The Balaban J connectivity index is 1.37. The van der Waals surface area contributed by atoms with E-state index in [2.05, 4.69) is 17.1 Å². The van der Waals surface area contributed by atoms with Crippen LogP contribution in [0.15, 0.2) is 42.5 Å². The first kappa shape index (κ1) is 23.4. The first-order valence-corrected chi connectivity index (χ1v) is 12.5. The molecular formula is C26H32Cl2N2O2. The minimum Gasteiger partial charge on any atom is -0.492 e. The number of rotatable bonds is 7. The maximum atomic E-state index is 13.4. The van der Waals surface area contributed by atoms with Crippen molar-refractivity contribution in [3.8, 4) is 5.75 Å². The van der Waals surface area contributed by atoms with Crippen LogP contribution in [-0.2, 0) is 10.2 Å². The molecule has 0 aromatic heterocycles. The van der Waals surface area contributed by atoms with E-state index in [1.54, 1.807) is 6.07 Å². The molecule has 1 aliphatic carbocycles. The molecule has 1 saturated carbocycles. The van der Waals surface area contributed by atoms with Gasteiger partial charge in [0.2, 0.25) is 5.91 Å². The van der Waals surface area contributed by atoms with Crippen LogP contribution in [0.4, 0.5) is 5.69 Å². The summed E-state index contributed by atoms with van der Waals surface area (Å²) >= 11 is 12.6. The lowest BCUT2D eigenvalue weighted by molar-refractivity contribution is -0.121. The van der Waals surface area contributed by atoms with Crippen molar-refractivity contribution < 1.29 is 9.53 Å². The maximum Gasteiger partial charge on any atom is 0.235 e. The molecule has 2 fully saturated rings. The molecule has 2 aliphatic rings. The van der Waals surface area contributed by atoms with E-state index >= 15 is 0 Å². The van der Waals surface area contributed by atoms with Crippen LogP contribution in [0, 0.1) is 0 Å². The molecular weight excluding hydrogens is 443 g/mol. The Hall–Kier alpha value is -1.75. The van der Waals surface area contributed by atoms with Crippen molar-refractivity contribution in [3.05, 3.63) is 58.1 Å². The number of hydrogen-bond acceptors (Lipinski definition) is 3. The number of ether oxygens (including phenoxy) is 1. The Kier molecular flexibility index (Phi) is 7.65. The Morgan fingerprint density at radius 2 is 1.84 bits per heavy atom. The van der Waals surface area contributed by atoms with Gasteiger partial charge in [-0.25, -0.2) is 0 Å². The highest BCUT2D eigenvalue weighted by atomic mass is 35.5. The molecule has 1 aliphatic heterocycles. The number of hydrogen-bond donors (Lipinski definition) is 1. The largest absolute Gasteiger partial charge is 0.492 e. The van der Waals surface area contributed by atoms with E-state index in [4.69, 9.17) is 27.9 Å². The summed E-state index contributed by atoms with van der Waals surface area (Å²) in [4.78, 5) is 15.9. The predicted octanol–water partition coefficient (Wildman–Crippen LogP) is 6.70. The first-order chi connectivity index (χ1) is 15.5. The summed E-state index contributed by atoms with van der Waals surface area (Å²) in [6.07, 6.45) is 7.48. The Bertz CT molecular complexity index is 926. The molecule has 2 aromatic rings. The summed E-state index contributed by atoms with van der Waals surface area (Å²) in [6.45, 7) is 5.08.